The summed E-state index contributed by atoms with van der Waals surface area (Å²) < 4.78 is 34.8. The summed E-state index contributed by atoms with van der Waals surface area (Å²) in [5, 5.41) is 0. The lowest BCUT2D eigenvalue weighted by Crippen LogP contribution is -2.37. The van der Waals surface area contributed by atoms with Gasteiger partial charge in [-0.2, -0.15) is 0 Å². The molecule has 0 aliphatic carbocycles. The molecule has 0 aliphatic heterocycles. The number of carbonyl (C=O) groups excluding carboxylic acids is 1. The summed E-state index contributed by atoms with van der Waals surface area (Å²) in [5.74, 6) is -0.342. The highest BCUT2D eigenvalue weighted by atomic mass is 31.2. The third-order valence-corrected chi connectivity index (χ3v) is 10.9. The van der Waals surface area contributed by atoms with E-state index in [1.807, 2.05) is 27.2 Å². The fourth-order valence-corrected chi connectivity index (χ4v) is 6.99. The van der Waals surface area contributed by atoms with Crippen LogP contribution in [0, 0.1) is 0 Å². The summed E-state index contributed by atoms with van der Waals surface area (Å²) in [7, 11) is 1.63. The van der Waals surface area contributed by atoms with E-state index in [9.17, 15) is 14.3 Å². The molecule has 0 bridgehead atoms. The van der Waals surface area contributed by atoms with Crippen LogP contribution in [0.25, 0.3) is 0 Å². The predicted octanol–water partition coefficient (Wildman–Crippen LogP) is 14.3. The van der Waals surface area contributed by atoms with Crippen molar-refractivity contribution in [2.45, 2.75) is 206 Å². The number of hydrogen-bond donors (Lipinski definition) is 1. The van der Waals surface area contributed by atoms with Crippen molar-refractivity contribution < 1.29 is 37.3 Å². The van der Waals surface area contributed by atoms with Crippen molar-refractivity contribution in [3.63, 3.8) is 0 Å². The number of phosphoric acid groups is 1. The number of hydrogen-bond acceptors (Lipinski definition) is 6. The summed E-state index contributed by atoms with van der Waals surface area (Å²) in [4.78, 5) is 22.9. The first-order valence-corrected chi connectivity index (χ1v) is 24.9. The second kappa shape index (κ2) is 41.1. The Balaban J connectivity index is 4.26. The number of rotatable bonds is 43. The van der Waals surface area contributed by atoms with Gasteiger partial charge in [0.15, 0.2) is 6.10 Å². The molecule has 0 heterocycles. The minimum absolute atomic E-state index is 0.0428. The Bertz CT molecular complexity index is 1050. The zero-order chi connectivity index (χ0) is 42.0. The summed E-state index contributed by atoms with van der Waals surface area (Å²) in [6, 6.07) is 0. The maximum Gasteiger partial charge on any atom is 0.472 e. The van der Waals surface area contributed by atoms with E-state index in [-0.39, 0.29) is 25.8 Å². The molecule has 8 nitrogen and oxygen atoms in total. The number of phosphoric ester groups is 1. The molecule has 0 radical (unpaired) electrons. The van der Waals surface area contributed by atoms with Crippen molar-refractivity contribution >= 4 is 13.8 Å². The van der Waals surface area contributed by atoms with Crippen LogP contribution in [0.5, 0.6) is 0 Å². The van der Waals surface area contributed by atoms with Gasteiger partial charge in [0.2, 0.25) is 0 Å². The smallest absolute Gasteiger partial charge is 0.472 e. The largest absolute Gasteiger partial charge is 0.498 e. The Morgan fingerprint density at radius 2 is 0.982 bits per heavy atom. The van der Waals surface area contributed by atoms with E-state index >= 15 is 0 Å². The van der Waals surface area contributed by atoms with E-state index in [1.54, 1.807) is 6.26 Å². The average Bonchev–Trinajstić information content (AvgIpc) is 3.16. The van der Waals surface area contributed by atoms with Gasteiger partial charge in [0.05, 0.1) is 34.0 Å². The molecule has 0 aliphatic rings. The Morgan fingerprint density at radius 1 is 0.561 bits per heavy atom. The van der Waals surface area contributed by atoms with Crippen LogP contribution in [0.4, 0.5) is 0 Å². The first kappa shape index (κ1) is 55.3. The van der Waals surface area contributed by atoms with Crippen molar-refractivity contribution in [1.82, 2.24) is 0 Å². The van der Waals surface area contributed by atoms with Crippen molar-refractivity contribution in [3.8, 4) is 0 Å². The molecule has 0 fully saturated rings. The molecule has 334 valence electrons. The molecule has 57 heavy (non-hydrogen) atoms. The molecule has 0 saturated carbocycles. The second-order valence-electron chi connectivity index (χ2n) is 16.8. The van der Waals surface area contributed by atoms with Crippen LogP contribution in [-0.2, 0) is 27.9 Å². The Labute approximate surface area is 352 Å². The lowest BCUT2D eigenvalue weighted by atomic mass is 10.1. The number of carbonyl (C=O) groups is 1. The van der Waals surface area contributed by atoms with Crippen molar-refractivity contribution in [2.75, 3.05) is 47.5 Å². The molecule has 0 rings (SSSR count). The fraction of sp³-hybridized carbons (Fsp3) is 0.812. The maximum absolute atomic E-state index is 12.7. The summed E-state index contributed by atoms with van der Waals surface area (Å²) in [6.45, 7) is 4.89. The maximum atomic E-state index is 12.7. The van der Waals surface area contributed by atoms with E-state index in [0.717, 1.165) is 38.5 Å². The monoisotopic (exact) mass is 825 g/mol. The van der Waals surface area contributed by atoms with Gasteiger partial charge in [0.25, 0.3) is 0 Å². The van der Waals surface area contributed by atoms with Gasteiger partial charge in [-0.15, -0.1) is 0 Å². The molecule has 0 amide bonds. The summed E-state index contributed by atoms with van der Waals surface area (Å²) in [5.41, 5.74) is 0. The number of nitrogens with zero attached hydrogens (tertiary/aromatic N) is 1. The zero-order valence-electron chi connectivity index (χ0n) is 37.8. The highest BCUT2D eigenvalue weighted by Crippen LogP contribution is 2.43. The van der Waals surface area contributed by atoms with Gasteiger partial charge in [-0.1, -0.05) is 153 Å². The number of quaternary nitrogens is 1. The van der Waals surface area contributed by atoms with E-state index in [4.69, 9.17) is 18.5 Å². The lowest BCUT2D eigenvalue weighted by molar-refractivity contribution is -0.870. The number of unbranched alkanes of at least 4 members (excludes halogenated alkanes) is 23. The van der Waals surface area contributed by atoms with Gasteiger partial charge in [0, 0.05) is 6.42 Å². The number of ether oxygens (including phenoxy) is 2. The highest BCUT2D eigenvalue weighted by molar-refractivity contribution is 7.47. The van der Waals surface area contributed by atoms with Gasteiger partial charge in [-0.3, -0.25) is 13.8 Å². The van der Waals surface area contributed by atoms with Crippen LogP contribution in [0.1, 0.15) is 200 Å². The molecule has 0 spiro atoms. The molecule has 9 heteroatoms. The standard InChI is InChI=1S/C48H90NO7P/c1-6-8-10-12-14-16-18-20-22-24-25-26-27-29-31-33-35-37-39-41-48(50)56-47(46-55-57(51,52)54-44-42-49(3,4)5)45-53-43-40-38-36-34-32-30-28-23-21-19-17-15-13-11-9-7-2/h14,16-17,19-20,22,40,43,47H,6-13,15,18,21,23-39,41-42,44-46H2,1-5H3/p+1/b16-14-,19-17-,22-20-,43-40-. The quantitative estimate of drug-likeness (QED) is 0.0163. The number of esters is 1. The molecular formula is C48H91NO7P+. The van der Waals surface area contributed by atoms with Crippen molar-refractivity contribution in [3.05, 3.63) is 48.8 Å². The molecular weight excluding hydrogens is 734 g/mol. The molecule has 0 saturated heterocycles. The van der Waals surface area contributed by atoms with Gasteiger partial charge >= 0.3 is 13.8 Å². The van der Waals surface area contributed by atoms with Crippen LogP contribution in [0.15, 0.2) is 48.8 Å². The third-order valence-electron chi connectivity index (χ3n) is 9.93. The predicted molar refractivity (Wildman–Crippen MR) is 242 cm³/mol. The number of likely N-dealkylation sites (N-methyl/N-ethyl adjacent to an activating group) is 1. The van der Waals surface area contributed by atoms with Crippen LogP contribution in [0.2, 0.25) is 0 Å². The Hall–Kier alpha value is -1.70. The molecule has 2 unspecified atom stereocenters. The van der Waals surface area contributed by atoms with Gasteiger partial charge in [0.1, 0.15) is 19.8 Å². The van der Waals surface area contributed by atoms with Gasteiger partial charge in [-0.25, -0.2) is 4.57 Å². The molecule has 0 aromatic carbocycles. The van der Waals surface area contributed by atoms with Crippen molar-refractivity contribution in [1.29, 1.82) is 0 Å². The lowest BCUT2D eigenvalue weighted by Gasteiger charge is -2.24. The Kier molecular flexibility index (Phi) is 39.8. The third kappa shape index (κ3) is 45.2. The minimum Gasteiger partial charge on any atom is -0.498 e. The minimum atomic E-state index is -4.30. The van der Waals surface area contributed by atoms with E-state index in [1.165, 1.54) is 141 Å². The van der Waals surface area contributed by atoms with Crippen LogP contribution in [-0.4, -0.2) is 69.0 Å². The van der Waals surface area contributed by atoms with Crippen LogP contribution < -0.4 is 0 Å². The normalized spacial score (nSPS) is 14.1. The average molecular weight is 825 g/mol. The zero-order valence-corrected chi connectivity index (χ0v) is 38.7. The van der Waals surface area contributed by atoms with Crippen LogP contribution in [0.3, 0.4) is 0 Å². The Morgan fingerprint density at radius 3 is 1.49 bits per heavy atom. The first-order valence-electron chi connectivity index (χ1n) is 23.4. The highest BCUT2D eigenvalue weighted by Gasteiger charge is 2.26. The molecule has 2 atom stereocenters. The topological polar surface area (TPSA) is 91.3 Å². The van der Waals surface area contributed by atoms with E-state index in [2.05, 4.69) is 50.3 Å². The van der Waals surface area contributed by atoms with Gasteiger partial charge in [-0.05, 0) is 83.1 Å². The molecule has 0 aromatic heterocycles. The van der Waals surface area contributed by atoms with Crippen LogP contribution >= 0.6 is 7.82 Å². The molecule has 1 N–H and O–H groups in total. The molecule has 0 aromatic rings. The number of allylic oxidation sites excluding steroid dienone is 7. The summed E-state index contributed by atoms with van der Waals surface area (Å²) in [6.07, 6.45) is 50.9. The first-order chi connectivity index (χ1) is 27.6. The van der Waals surface area contributed by atoms with E-state index < -0.39 is 13.9 Å². The second-order valence-corrected chi connectivity index (χ2v) is 18.3. The van der Waals surface area contributed by atoms with Crippen molar-refractivity contribution in [2.24, 2.45) is 0 Å². The SMILES string of the molecule is CCCCC/C=C\C/C=C\CCCCCCCCCCCC(=O)OC(CO/C=C\CCCCCCCC/C=C\CCCCCC)COP(=O)(O)OCC[N+](C)(C)C. The van der Waals surface area contributed by atoms with Gasteiger partial charge < -0.3 is 18.9 Å². The summed E-state index contributed by atoms with van der Waals surface area (Å²) >= 11 is 0. The van der Waals surface area contributed by atoms with E-state index in [0.29, 0.717) is 17.4 Å². The fourth-order valence-electron chi connectivity index (χ4n) is 6.25.